The summed E-state index contributed by atoms with van der Waals surface area (Å²) in [6, 6.07) is 0. The van der Waals surface area contributed by atoms with Crippen LogP contribution in [0.3, 0.4) is 0 Å². The molecule has 0 rings (SSSR count). The Morgan fingerprint density at radius 3 is 2.47 bits per heavy atom. The van der Waals surface area contributed by atoms with Crippen LogP contribution in [0.2, 0.25) is 0 Å². The first kappa shape index (κ1) is 16.6. The van der Waals surface area contributed by atoms with Gasteiger partial charge in [0.1, 0.15) is 6.29 Å². The lowest BCUT2D eigenvalue weighted by Crippen LogP contribution is -2.40. The fraction of sp³-hybridized carbons (Fsp3) is 0.929. The molecule has 1 atom stereocenters. The maximum absolute atomic E-state index is 11.3. The Labute approximate surface area is 107 Å². The summed E-state index contributed by atoms with van der Waals surface area (Å²) >= 11 is 0. The number of methoxy groups -OCH3 is 1. The highest BCUT2D eigenvalue weighted by molar-refractivity contribution is 5.58. The summed E-state index contributed by atoms with van der Waals surface area (Å²) in [4.78, 5) is 13.6. The minimum atomic E-state index is -0.211. The first-order valence-corrected chi connectivity index (χ1v) is 6.65. The summed E-state index contributed by atoms with van der Waals surface area (Å²) in [6.07, 6.45) is 3.13. The van der Waals surface area contributed by atoms with E-state index in [9.17, 15) is 4.79 Å². The first-order valence-electron chi connectivity index (χ1n) is 6.65. The van der Waals surface area contributed by atoms with Gasteiger partial charge in [-0.1, -0.05) is 34.1 Å². The summed E-state index contributed by atoms with van der Waals surface area (Å²) in [5.41, 5.74) is -0.211. The van der Waals surface area contributed by atoms with Crippen LogP contribution in [0.15, 0.2) is 0 Å². The molecular weight excluding hydrogens is 214 g/mol. The molecule has 0 bridgehead atoms. The quantitative estimate of drug-likeness (QED) is 0.552. The predicted octanol–water partition coefficient (Wildman–Crippen LogP) is 2.60. The third kappa shape index (κ3) is 7.50. The van der Waals surface area contributed by atoms with Crippen molar-refractivity contribution in [1.82, 2.24) is 4.90 Å². The molecule has 0 heterocycles. The Balaban J connectivity index is 4.41. The van der Waals surface area contributed by atoms with E-state index in [4.69, 9.17) is 4.74 Å². The maximum Gasteiger partial charge on any atom is 0.127 e. The van der Waals surface area contributed by atoms with E-state index in [2.05, 4.69) is 32.6 Å². The molecule has 0 saturated heterocycles. The van der Waals surface area contributed by atoms with Crippen LogP contribution < -0.4 is 0 Å². The predicted molar refractivity (Wildman–Crippen MR) is 72.2 cm³/mol. The van der Waals surface area contributed by atoms with Crippen molar-refractivity contribution in [3.05, 3.63) is 0 Å². The van der Waals surface area contributed by atoms with E-state index >= 15 is 0 Å². The van der Waals surface area contributed by atoms with E-state index in [1.54, 1.807) is 7.11 Å². The Bertz CT molecular complexity index is 206. The molecule has 0 radical (unpaired) electrons. The summed E-state index contributed by atoms with van der Waals surface area (Å²) in [5, 5.41) is 0. The minimum Gasteiger partial charge on any atom is -0.383 e. The van der Waals surface area contributed by atoms with Gasteiger partial charge in [-0.05, 0) is 12.3 Å². The van der Waals surface area contributed by atoms with Crippen molar-refractivity contribution in [3.8, 4) is 0 Å². The van der Waals surface area contributed by atoms with Gasteiger partial charge in [-0.15, -0.1) is 0 Å². The van der Waals surface area contributed by atoms with Crippen molar-refractivity contribution in [3.63, 3.8) is 0 Å². The molecule has 0 amide bonds. The molecule has 0 saturated carbocycles. The van der Waals surface area contributed by atoms with Gasteiger partial charge in [-0.3, -0.25) is 4.90 Å². The first-order chi connectivity index (χ1) is 7.97. The molecule has 0 aliphatic heterocycles. The number of hydrogen-bond donors (Lipinski definition) is 0. The number of hydrogen-bond acceptors (Lipinski definition) is 3. The largest absolute Gasteiger partial charge is 0.383 e. The molecule has 0 N–H and O–H groups in total. The average Bonchev–Trinajstić information content (AvgIpc) is 2.25. The van der Waals surface area contributed by atoms with Gasteiger partial charge in [-0.2, -0.15) is 0 Å². The zero-order valence-electron chi connectivity index (χ0n) is 12.2. The van der Waals surface area contributed by atoms with Gasteiger partial charge in [0.05, 0.1) is 6.61 Å². The molecule has 0 aromatic carbocycles. The minimum absolute atomic E-state index is 0.211. The summed E-state index contributed by atoms with van der Waals surface area (Å²) in [5.74, 6) is 0.615. The highest BCUT2D eigenvalue weighted by Gasteiger charge is 2.25. The van der Waals surface area contributed by atoms with Crippen LogP contribution in [-0.4, -0.2) is 44.5 Å². The molecular formula is C14H29NO2. The van der Waals surface area contributed by atoms with Gasteiger partial charge >= 0.3 is 0 Å². The van der Waals surface area contributed by atoms with Gasteiger partial charge in [0.25, 0.3) is 0 Å². The lowest BCUT2D eigenvalue weighted by Gasteiger charge is -2.32. The van der Waals surface area contributed by atoms with Crippen LogP contribution in [0.25, 0.3) is 0 Å². The summed E-state index contributed by atoms with van der Waals surface area (Å²) < 4.78 is 5.13. The smallest absolute Gasteiger partial charge is 0.127 e. The third-order valence-corrected chi connectivity index (χ3v) is 2.93. The van der Waals surface area contributed by atoms with Crippen molar-refractivity contribution in [1.29, 1.82) is 0 Å². The molecule has 1 unspecified atom stereocenters. The molecule has 0 aliphatic rings. The fourth-order valence-electron chi connectivity index (χ4n) is 2.23. The number of rotatable bonds is 10. The normalized spacial score (nSPS) is 15.2. The van der Waals surface area contributed by atoms with Crippen LogP contribution in [0, 0.1) is 11.3 Å². The van der Waals surface area contributed by atoms with E-state index in [-0.39, 0.29) is 5.41 Å². The number of aldehydes is 1. The number of nitrogens with zero attached hydrogens (tertiary/aromatic N) is 1. The highest BCUT2D eigenvalue weighted by Crippen LogP contribution is 2.22. The lowest BCUT2D eigenvalue weighted by molar-refractivity contribution is -0.117. The maximum atomic E-state index is 11.3. The second kappa shape index (κ2) is 8.65. The van der Waals surface area contributed by atoms with Crippen molar-refractivity contribution in [2.75, 3.05) is 33.4 Å². The second-order valence-corrected chi connectivity index (χ2v) is 5.64. The average molecular weight is 243 g/mol. The molecule has 0 aromatic rings. The number of carbonyl (C=O) groups is 1. The standard InChI is InChI=1S/C14H29NO2/c1-6-7-14(4,12-16)11-15(8-9-17-5)10-13(2)3/h12-13H,6-11H2,1-5H3. The van der Waals surface area contributed by atoms with Gasteiger partial charge in [-0.25, -0.2) is 0 Å². The molecule has 0 aliphatic carbocycles. The zero-order valence-corrected chi connectivity index (χ0v) is 12.2. The SMILES string of the molecule is CCCC(C)(C=O)CN(CCOC)CC(C)C. The van der Waals surface area contributed by atoms with E-state index < -0.39 is 0 Å². The molecule has 3 heteroatoms. The van der Waals surface area contributed by atoms with Crippen molar-refractivity contribution in [2.24, 2.45) is 11.3 Å². The number of carbonyl (C=O) groups excluding carboxylic acids is 1. The summed E-state index contributed by atoms with van der Waals surface area (Å²) in [6.45, 7) is 12.1. The van der Waals surface area contributed by atoms with Crippen molar-refractivity contribution in [2.45, 2.75) is 40.5 Å². The van der Waals surface area contributed by atoms with E-state index in [1.807, 2.05) is 0 Å². The molecule has 17 heavy (non-hydrogen) atoms. The van der Waals surface area contributed by atoms with Gasteiger partial charge < -0.3 is 9.53 Å². The fourth-order valence-corrected chi connectivity index (χ4v) is 2.23. The summed E-state index contributed by atoms with van der Waals surface area (Å²) in [7, 11) is 1.72. The molecule has 102 valence electrons. The molecule has 0 aromatic heterocycles. The Morgan fingerprint density at radius 1 is 1.41 bits per heavy atom. The van der Waals surface area contributed by atoms with Crippen LogP contribution in [0.5, 0.6) is 0 Å². The Kier molecular flexibility index (Phi) is 8.44. The van der Waals surface area contributed by atoms with Crippen LogP contribution in [0.1, 0.15) is 40.5 Å². The van der Waals surface area contributed by atoms with Crippen molar-refractivity contribution < 1.29 is 9.53 Å². The van der Waals surface area contributed by atoms with E-state index in [1.165, 1.54) is 0 Å². The lowest BCUT2D eigenvalue weighted by atomic mass is 9.86. The van der Waals surface area contributed by atoms with Crippen LogP contribution >= 0.6 is 0 Å². The highest BCUT2D eigenvalue weighted by atomic mass is 16.5. The second-order valence-electron chi connectivity index (χ2n) is 5.64. The Hall–Kier alpha value is -0.410. The topological polar surface area (TPSA) is 29.5 Å². The van der Waals surface area contributed by atoms with Gasteiger partial charge in [0.15, 0.2) is 0 Å². The van der Waals surface area contributed by atoms with E-state index in [0.29, 0.717) is 5.92 Å². The monoisotopic (exact) mass is 243 g/mol. The molecule has 3 nitrogen and oxygen atoms in total. The van der Waals surface area contributed by atoms with Crippen molar-refractivity contribution >= 4 is 6.29 Å². The van der Waals surface area contributed by atoms with Crippen LogP contribution in [0.4, 0.5) is 0 Å². The molecule has 0 fully saturated rings. The van der Waals surface area contributed by atoms with Gasteiger partial charge in [0.2, 0.25) is 0 Å². The van der Waals surface area contributed by atoms with Gasteiger partial charge in [0, 0.05) is 32.2 Å². The zero-order chi connectivity index (χ0) is 13.3. The van der Waals surface area contributed by atoms with E-state index in [0.717, 1.165) is 45.4 Å². The third-order valence-electron chi connectivity index (χ3n) is 2.93. The van der Waals surface area contributed by atoms with Crippen LogP contribution in [-0.2, 0) is 9.53 Å². The molecule has 0 spiro atoms. The Morgan fingerprint density at radius 2 is 2.06 bits per heavy atom. The number of ether oxygens (including phenoxy) is 1.